The summed E-state index contributed by atoms with van der Waals surface area (Å²) in [6, 6.07) is 4.40. The van der Waals surface area contributed by atoms with Gasteiger partial charge in [-0.3, -0.25) is 0 Å². The van der Waals surface area contributed by atoms with Gasteiger partial charge in [0.05, 0.1) is 12.7 Å². The molecule has 0 aliphatic rings. The molecule has 0 saturated carbocycles. The van der Waals surface area contributed by atoms with Gasteiger partial charge in [0.2, 0.25) is 0 Å². The number of benzene rings is 1. The Morgan fingerprint density at radius 2 is 2.25 bits per heavy atom. The molecule has 0 spiro atoms. The number of hydrogen-bond acceptors (Lipinski definition) is 3. The van der Waals surface area contributed by atoms with Gasteiger partial charge in [0.1, 0.15) is 6.61 Å². The summed E-state index contributed by atoms with van der Waals surface area (Å²) < 4.78 is 10.3. The summed E-state index contributed by atoms with van der Waals surface area (Å²) in [6.07, 6.45) is 1.59. The Labute approximate surface area is 98.1 Å². The Morgan fingerprint density at radius 3 is 2.81 bits per heavy atom. The predicted octanol–water partition coefficient (Wildman–Crippen LogP) is 2.52. The standard InChI is InChI=1S/C11H11ClO4/c1-15-9-4-3-8(11(13)14)7-10(9)16-6-2-5-12/h2-5,7H,6H2,1H3,(H,13,14). The fourth-order valence-electron chi connectivity index (χ4n) is 1.10. The monoisotopic (exact) mass is 242 g/mol. The van der Waals surface area contributed by atoms with Crippen LogP contribution in [0.5, 0.6) is 11.5 Å². The summed E-state index contributed by atoms with van der Waals surface area (Å²) in [5.74, 6) is -0.162. The van der Waals surface area contributed by atoms with Gasteiger partial charge in [0.25, 0.3) is 0 Å². The van der Waals surface area contributed by atoms with E-state index in [1.165, 1.54) is 24.8 Å². The Kier molecular flexibility index (Phi) is 4.66. The van der Waals surface area contributed by atoms with Crippen molar-refractivity contribution in [3.63, 3.8) is 0 Å². The fraction of sp³-hybridized carbons (Fsp3) is 0.182. The molecule has 0 radical (unpaired) electrons. The van der Waals surface area contributed by atoms with Crippen LogP contribution in [0.3, 0.4) is 0 Å². The quantitative estimate of drug-likeness (QED) is 0.862. The van der Waals surface area contributed by atoms with Crippen LogP contribution in [-0.4, -0.2) is 24.8 Å². The molecule has 0 unspecified atom stereocenters. The molecule has 1 aromatic rings. The molecule has 1 aromatic carbocycles. The maximum atomic E-state index is 10.8. The highest BCUT2D eigenvalue weighted by Gasteiger charge is 2.09. The highest BCUT2D eigenvalue weighted by molar-refractivity contribution is 6.25. The second-order valence-corrected chi connectivity index (χ2v) is 3.10. The van der Waals surface area contributed by atoms with Gasteiger partial charge in [0.15, 0.2) is 11.5 Å². The van der Waals surface area contributed by atoms with Crippen molar-refractivity contribution in [2.24, 2.45) is 0 Å². The Bertz CT molecular complexity index is 401. The van der Waals surface area contributed by atoms with Crippen LogP contribution in [0.15, 0.2) is 29.8 Å². The molecule has 1 rings (SSSR count). The average molecular weight is 243 g/mol. The van der Waals surface area contributed by atoms with Crippen LogP contribution in [0.25, 0.3) is 0 Å². The zero-order valence-corrected chi connectivity index (χ0v) is 9.40. The lowest BCUT2D eigenvalue weighted by atomic mass is 10.2. The molecule has 16 heavy (non-hydrogen) atoms. The summed E-state index contributed by atoms with van der Waals surface area (Å²) in [5.41, 5.74) is 1.47. The van der Waals surface area contributed by atoms with E-state index in [1.54, 1.807) is 12.1 Å². The molecule has 0 aliphatic carbocycles. The van der Waals surface area contributed by atoms with Gasteiger partial charge < -0.3 is 14.6 Å². The Morgan fingerprint density at radius 1 is 1.50 bits per heavy atom. The van der Waals surface area contributed by atoms with Crippen molar-refractivity contribution in [3.8, 4) is 11.5 Å². The zero-order chi connectivity index (χ0) is 12.0. The van der Waals surface area contributed by atoms with Crippen LogP contribution in [0.2, 0.25) is 0 Å². The lowest BCUT2D eigenvalue weighted by molar-refractivity contribution is 0.0696. The molecule has 86 valence electrons. The number of halogens is 1. The summed E-state index contributed by atoms with van der Waals surface area (Å²) in [5, 5.41) is 8.81. The van der Waals surface area contributed by atoms with E-state index in [4.69, 9.17) is 26.2 Å². The van der Waals surface area contributed by atoms with E-state index < -0.39 is 5.97 Å². The predicted molar refractivity (Wildman–Crippen MR) is 60.4 cm³/mol. The van der Waals surface area contributed by atoms with Gasteiger partial charge >= 0.3 is 5.97 Å². The average Bonchev–Trinajstić information content (AvgIpc) is 2.29. The van der Waals surface area contributed by atoms with Crippen molar-refractivity contribution in [2.45, 2.75) is 0 Å². The number of hydrogen-bond donors (Lipinski definition) is 1. The van der Waals surface area contributed by atoms with Crippen molar-refractivity contribution in [2.75, 3.05) is 13.7 Å². The molecule has 0 heterocycles. The third-order valence-electron chi connectivity index (χ3n) is 1.83. The third kappa shape index (κ3) is 3.17. The second-order valence-electron chi connectivity index (χ2n) is 2.84. The SMILES string of the molecule is COc1ccc(C(=O)O)cc1OCC=CCl. The van der Waals surface area contributed by atoms with Crippen molar-refractivity contribution in [3.05, 3.63) is 35.4 Å². The van der Waals surface area contributed by atoms with Crippen molar-refractivity contribution < 1.29 is 19.4 Å². The van der Waals surface area contributed by atoms with Crippen LogP contribution in [0.4, 0.5) is 0 Å². The molecule has 0 aliphatic heterocycles. The van der Waals surface area contributed by atoms with Crippen LogP contribution in [0.1, 0.15) is 10.4 Å². The van der Waals surface area contributed by atoms with E-state index >= 15 is 0 Å². The molecule has 0 saturated heterocycles. The van der Waals surface area contributed by atoms with E-state index in [9.17, 15) is 4.79 Å². The molecule has 0 bridgehead atoms. The van der Waals surface area contributed by atoms with Gasteiger partial charge in [-0.1, -0.05) is 11.6 Å². The number of aromatic carboxylic acids is 1. The van der Waals surface area contributed by atoms with Crippen molar-refractivity contribution in [1.82, 2.24) is 0 Å². The smallest absolute Gasteiger partial charge is 0.335 e. The van der Waals surface area contributed by atoms with Gasteiger partial charge in [-0.05, 0) is 24.3 Å². The lowest BCUT2D eigenvalue weighted by Gasteiger charge is -2.09. The van der Waals surface area contributed by atoms with Crippen LogP contribution >= 0.6 is 11.6 Å². The second kappa shape index (κ2) is 6.02. The molecule has 5 heteroatoms. The van der Waals surface area contributed by atoms with E-state index in [-0.39, 0.29) is 12.2 Å². The van der Waals surface area contributed by atoms with Gasteiger partial charge in [-0.25, -0.2) is 4.79 Å². The first-order valence-electron chi connectivity index (χ1n) is 4.48. The number of carboxylic acids is 1. The zero-order valence-electron chi connectivity index (χ0n) is 8.64. The highest BCUT2D eigenvalue weighted by Crippen LogP contribution is 2.28. The first-order chi connectivity index (χ1) is 7.69. The van der Waals surface area contributed by atoms with E-state index in [2.05, 4.69) is 0 Å². The molecular weight excluding hydrogens is 232 g/mol. The van der Waals surface area contributed by atoms with Crippen molar-refractivity contribution >= 4 is 17.6 Å². The number of carboxylic acid groups (broad SMARTS) is 1. The summed E-state index contributed by atoms with van der Waals surface area (Å²) in [6.45, 7) is 0.253. The summed E-state index contributed by atoms with van der Waals surface area (Å²) >= 11 is 5.34. The third-order valence-corrected chi connectivity index (χ3v) is 2.01. The van der Waals surface area contributed by atoms with Gasteiger partial charge in [-0.2, -0.15) is 0 Å². The number of carbonyl (C=O) groups is 1. The maximum Gasteiger partial charge on any atom is 0.335 e. The van der Waals surface area contributed by atoms with Gasteiger partial charge in [0, 0.05) is 5.54 Å². The normalized spacial score (nSPS) is 10.4. The minimum absolute atomic E-state index is 0.144. The van der Waals surface area contributed by atoms with Crippen LogP contribution in [0, 0.1) is 0 Å². The van der Waals surface area contributed by atoms with Gasteiger partial charge in [-0.15, -0.1) is 0 Å². The van der Waals surface area contributed by atoms with Crippen molar-refractivity contribution in [1.29, 1.82) is 0 Å². The fourth-order valence-corrected chi connectivity index (χ4v) is 1.17. The maximum absolute atomic E-state index is 10.8. The Hall–Kier alpha value is -1.68. The van der Waals surface area contributed by atoms with E-state index in [0.717, 1.165) is 0 Å². The first kappa shape index (κ1) is 12.4. The summed E-state index contributed by atoms with van der Waals surface area (Å²) in [4.78, 5) is 10.8. The van der Waals surface area contributed by atoms with E-state index in [1.807, 2.05) is 0 Å². The molecule has 0 amide bonds. The topological polar surface area (TPSA) is 55.8 Å². The molecule has 0 aromatic heterocycles. The minimum atomic E-state index is -1.01. The largest absolute Gasteiger partial charge is 0.493 e. The molecule has 1 N–H and O–H groups in total. The van der Waals surface area contributed by atoms with Crippen LogP contribution < -0.4 is 9.47 Å². The first-order valence-corrected chi connectivity index (χ1v) is 4.92. The molecule has 4 nitrogen and oxygen atoms in total. The Balaban J connectivity index is 2.92. The molecule has 0 atom stereocenters. The molecular formula is C11H11ClO4. The number of rotatable bonds is 5. The highest BCUT2D eigenvalue weighted by atomic mass is 35.5. The van der Waals surface area contributed by atoms with E-state index in [0.29, 0.717) is 11.5 Å². The number of ether oxygens (including phenoxy) is 2. The summed E-state index contributed by atoms with van der Waals surface area (Å²) in [7, 11) is 1.49. The lowest BCUT2D eigenvalue weighted by Crippen LogP contribution is -2.00. The number of methoxy groups -OCH3 is 1. The van der Waals surface area contributed by atoms with Crippen LogP contribution in [-0.2, 0) is 0 Å². The molecule has 0 fully saturated rings. The minimum Gasteiger partial charge on any atom is -0.493 e.